The highest BCUT2D eigenvalue weighted by Gasteiger charge is 2.18. The Kier molecular flexibility index (Phi) is 4.89. The summed E-state index contributed by atoms with van der Waals surface area (Å²) >= 11 is 3.61. The smallest absolute Gasteiger partial charge is 0.161 e. The van der Waals surface area contributed by atoms with Gasteiger partial charge in [-0.1, -0.05) is 15.9 Å². The van der Waals surface area contributed by atoms with E-state index in [9.17, 15) is 0 Å². The molecule has 1 fully saturated rings. The lowest BCUT2D eigenvalue weighted by molar-refractivity contribution is -0.703. The third-order valence-corrected chi connectivity index (χ3v) is 4.36. The van der Waals surface area contributed by atoms with Gasteiger partial charge in [0.1, 0.15) is 6.54 Å². The number of ether oxygens (including phenoxy) is 2. The summed E-state index contributed by atoms with van der Waals surface area (Å²) in [5.41, 5.74) is 1.26. The maximum absolute atomic E-state index is 5.34. The van der Waals surface area contributed by atoms with Crippen LogP contribution in [0.1, 0.15) is 31.2 Å². The molecule has 1 saturated carbocycles. The van der Waals surface area contributed by atoms with Crippen molar-refractivity contribution in [3.8, 4) is 11.5 Å². The minimum atomic E-state index is 0.772. The number of methoxy groups -OCH3 is 2. The Labute approximate surface area is 117 Å². The van der Waals surface area contributed by atoms with E-state index in [1.54, 1.807) is 14.2 Å². The summed E-state index contributed by atoms with van der Waals surface area (Å²) in [7, 11) is 3.34. The third kappa shape index (κ3) is 3.18. The van der Waals surface area contributed by atoms with Gasteiger partial charge in [-0.05, 0) is 37.8 Å². The zero-order chi connectivity index (χ0) is 13.0. The normalized spacial score (nSPS) is 15.9. The number of hydrogen-bond donors (Lipinski definition) is 1. The Morgan fingerprint density at radius 2 is 1.78 bits per heavy atom. The summed E-state index contributed by atoms with van der Waals surface area (Å²) in [6, 6.07) is 4.84. The van der Waals surface area contributed by atoms with E-state index >= 15 is 0 Å². The van der Waals surface area contributed by atoms with Crippen LogP contribution in [0.5, 0.6) is 11.5 Å². The summed E-state index contributed by atoms with van der Waals surface area (Å²) in [4.78, 5) is 0. The minimum absolute atomic E-state index is 0.772. The van der Waals surface area contributed by atoms with E-state index in [-0.39, 0.29) is 0 Å². The highest BCUT2D eigenvalue weighted by Crippen LogP contribution is 2.32. The molecule has 1 aliphatic carbocycles. The van der Waals surface area contributed by atoms with Crippen LogP contribution in [-0.4, -0.2) is 20.3 Å². The minimum Gasteiger partial charge on any atom is -0.493 e. The second-order valence-corrected chi connectivity index (χ2v) is 5.64. The van der Waals surface area contributed by atoms with Crippen LogP contribution in [0.4, 0.5) is 0 Å². The number of halogens is 1. The molecule has 4 heteroatoms. The van der Waals surface area contributed by atoms with Crippen molar-refractivity contribution in [2.75, 3.05) is 14.2 Å². The number of hydrogen-bond acceptors (Lipinski definition) is 2. The van der Waals surface area contributed by atoms with E-state index in [2.05, 4.69) is 27.3 Å². The number of quaternary nitrogens is 1. The predicted octanol–water partition coefficient (Wildman–Crippen LogP) is 2.47. The molecule has 2 rings (SSSR count). The van der Waals surface area contributed by atoms with Crippen LogP contribution in [0.2, 0.25) is 0 Å². The highest BCUT2D eigenvalue weighted by atomic mass is 79.9. The fourth-order valence-electron chi connectivity index (χ4n) is 2.54. The zero-order valence-electron chi connectivity index (χ0n) is 11.0. The maximum Gasteiger partial charge on any atom is 0.161 e. The molecule has 0 amide bonds. The van der Waals surface area contributed by atoms with Crippen LogP contribution < -0.4 is 14.8 Å². The average Bonchev–Trinajstić information content (AvgIpc) is 2.90. The molecule has 0 heterocycles. The Hall–Kier alpha value is -0.740. The van der Waals surface area contributed by atoms with Crippen LogP contribution in [0.15, 0.2) is 16.6 Å². The molecule has 0 spiro atoms. The number of nitrogens with two attached hydrogens (primary N) is 1. The first-order valence-electron chi connectivity index (χ1n) is 6.48. The first-order chi connectivity index (χ1) is 8.74. The Balaban J connectivity index is 2.06. The first kappa shape index (κ1) is 13.7. The van der Waals surface area contributed by atoms with E-state index in [1.165, 1.54) is 31.2 Å². The fraction of sp³-hybridized carbons (Fsp3) is 0.571. The van der Waals surface area contributed by atoms with Crippen molar-refractivity contribution in [3.63, 3.8) is 0 Å². The van der Waals surface area contributed by atoms with E-state index in [0.29, 0.717) is 0 Å². The van der Waals surface area contributed by atoms with Crippen molar-refractivity contribution in [2.24, 2.45) is 0 Å². The van der Waals surface area contributed by atoms with Gasteiger partial charge in [0.25, 0.3) is 0 Å². The van der Waals surface area contributed by atoms with Crippen molar-refractivity contribution in [1.29, 1.82) is 0 Å². The van der Waals surface area contributed by atoms with Crippen molar-refractivity contribution in [1.82, 2.24) is 0 Å². The van der Waals surface area contributed by atoms with E-state index < -0.39 is 0 Å². The molecule has 0 aromatic heterocycles. The molecule has 0 atom stereocenters. The lowest BCUT2D eigenvalue weighted by Crippen LogP contribution is -2.87. The van der Waals surface area contributed by atoms with Gasteiger partial charge < -0.3 is 14.8 Å². The number of benzene rings is 1. The fourth-order valence-corrected chi connectivity index (χ4v) is 3.02. The lowest BCUT2D eigenvalue weighted by Gasteiger charge is -2.13. The van der Waals surface area contributed by atoms with E-state index in [4.69, 9.17) is 9.47 Å². The molecular formula is C14H21BrNO2+. The molecule has 100 valence electrons. The van der Waals surface area contributed by atoms with Gasteiger partial charge in [0, 0.05) is 10.0 Å². The van der Waals surface area contributed by atoms with Crippen LogP contribution in [-0.2, 0) is 6.54 Å². The van der Waals surface area contributed by atoms with Gasteiger partial charge in [0.05, 0.1) is 20.3 Å². The summed E-state index contributed by atoms with van der Waals surface area (Å²) in [6.07, 6.45) is 5.47. The van der Waals surface area contributed by atoms with Gasteiger partial charge in [-0.3, -0.25) is 0 Å². The van der Waals surface area contributed by atoms with Crippen LogP contribution >= 0.6 is 15.9 Å². The average molecular weight is 315 g/mol. The topological polar surface area (TPSA) is 35.1 Å². The van der Waals surface area contributed by atoms with E-state index in [0.717, 1.165) is 28.6 Å². The van der Waals surface area contributed by atoms with Gasteiger partial charge in [-0.15, -0.1) is 0 Å². The van der Waals surface area contributed by atoms with Crippen LogP contribution in [0.3, 0.4) is 0 Å². The van der Waals surface area contributed by atoms with Crippen LogP contribution in [0.25, 0.3) is 0 Å². The van der Waals surface area contributed by atoms with Gasteiger partial charge in [0.2, 0.25) is 0 Å². The van der Waals surface area contributed by atoms with Crippen molar-refractivity contribution in [3.05, 3.63) is 22.2 Å². The second-order valence-electron chi connectivity index (χ2n) is 4.78. The third-order valence-electron chi connectivity index (χ3n) is 3.62. The number of rotatable bonds is 5. The molecule has 0 unspecified atom stereocenters. The molecule has 1 aliphatic rings. The van der Waals surface area contributed by atoms with Crippen LogP contribution in [0, 0.1) is 0 Å². The van der Waals surface area contributed by atoms with Crippen molar-refractivity contribution < 1.29 is 14.8 Å². The zero-order valence-corrected chi connectivity index (χ0v) is 12.6. The van der Waals surface area contributed by atoms with Crippen molar-refractivity contribution in [2.45, 2.75) is 38.3 Å². The van der Waals surface area contributed by atoms with Crippen molar-refractivity contribution >= 4 is 15.9 Å². The first-order valence-corrected chi connectivity index (χ1v) is 7.27. The highest BCUT2D eigenvalue weighted by molar-refractivity contribution is 9.10. The largest absolute Gasteiger partial charge is 0.493 e. The van der Waals surface area contributed by atoms with Gasteiger partial charge in [-0.25, -0.2) is 0 Å². The Bertz CT molecular complexity index is 403. The standard InChI is InChI=1S/C14H20BrNO2/c1-17-13-7-10(12(15)8-14(13)18-2)9-16-11-5-3-4-6-11/h7-8,11,16H,3-6,9H2,1-2H3/p+1. The monoisotopic (exact) mass is 314 g/mol. The quantitative estimate of drug-likeness (QED) is 0.906. The summed E-state index contributed by atoms with van der Waals surface area (Å²) in [5, 5.41) is 2.44. The predicted molar refractivity (Wildman–Crippen MR) is 75.1 cm³/mol. The molecule has 3 nitrogen and oxygen atoms in total. The Morgan fingerprint density at radius 3 is 2.39 bits per heavy atom. The van der Waals surface area contributed by atoms with Gasteiger partial charge >= 0.3 is 0 Å². The molecule has 0 aliphatic heterocycles. The molecule has 1 aromatic carbocycles. The molecule has 1 aromatic rings. The van der Waals surface area contributed by atoms with Gasteiger partial charge in [0.15, 0.2) is 11.5 Å². The van der Waals surface area contributed by atoms with E-state index in [1.807, 2.05) is 6.07 Å². The second kappa shape index (κ2) is 6.43. The lowest BCUT2D eigenvalue weighted by atomic mass is 10.1. The summed E-state index contributed by atoms with van der Waals surface area (Å²) < 4.78 is 11.7. The van der Waals surface area contributed by atoms with Gasteiger partial charge in [-0.2, -0.15) is 0 Å². The SMILES string of the molecule is COc1cc(Br)c(C[NH2+]C2CCCC2)cc1OC. The Morgan fingerprint density at radius 1 is 1.17 bits per heavy atom. The summed E-state index contributed by atoms with van der Waals surface area (Å²) in [5.74, 6) is 1.57. The molecule has 0 saturated heterocycles. The molecule has 0 radical (unpaired) electrons. The summed E-state index contributed by atoms with van der Waals surface area (Å²) in [6.45, 7) is 0.992. The molecule has 18 heavy (non-hydrogen) atoms. The molecule has 0 bridgehead atoms. The maximum atomic E-state index is 5.34. The molecule has 2 N–H and O–H groups in total. The molecular weight excluding hydrogens is 294 g/mol.